The van der Waals surface area contributed by atoms with E-state index in [-0.39, 0.29) is 6.04 Å². The molecule has 0 saturated carbocycles. The Kier molecular flexibility index (Phi) is 4.78. The number of carboxylic acids is 1. The molecule has 20 heavy (non-hydrogen) atoms. The van der Waals surface area contributed by atoms with Crippen LogP contribution in [0.25, 0.3) is 0 Å². The maximum Gasteiger partial charge on any atom is 0.347 e. The molecular weight excluding hydrogens is 274 g/mol. The highest BCUT2D eigenvalue weighted by atomic mass is 32.1. The first kappa shape index (κ1) is 15.4. The highest BCUT2D eigenvalue weighted by Crippen LogP contribution is 2.30. The fourth-order valence-electron chi connectivity index (χ4n) is 2.48. The van der Waals surface area contributed by atoms with E-state index in [1.807, 2.05) is 0 Å². The van der Waals surface area contributed by atoms with Gasteiger partial charge in [0.25, 0.3) is 0 Å². The van der Waals surface area contributed by atoms with Gasteiger partial charge in [0, 0.05) is 19.6 Å². The highest BCUT2D eigenvalue weighted by molar-refractivity contribution is 7.13. The number of aromatic carboxylic acids is 1. The fourth-order valence-corrected chi connectivity index (χ4v) is 3.57. The first-order valence-electron chi connectivity index (χ1n) is 7.00. The maximum atomic E-state index is 11.4. The molecule has 0 aromatic carbocycles. The molecule has 1 aliphatic rings. The summed E-state index contributed by atoms with van der Waals surface area (Å²) in [6.07, 6.45) is 0.727. The Morgan fingerprint density at radius 2 is 2.15 bits per heavy atom. The minimum atomic E-state index is -0.851. The third-order valence-corrected chi connectivity index (χ3v) is 4.83. The Hall–Kier alpha value is -0.980. The quantitative estimate of drug-likeness (QED) is 0.920. The van der Waals surface area contributed by atoms with E-state index < -0.39 is 5.97 Å². The van der Waals surface area contributed by atoms with Gasteiger partial charge in [0.1, 0.15) is 9.88 Å². The van der Waals surface area contributed by atoms with Gasteiger partial charge in [-0.25, -0.2) is 9.78 Å². The summed E-state index contributed by atoms with van der Waals surface area (Å²) in [5.74, 6) is -0.439. The molecule has 112 valence electrons. The summed E-state index contributed by atoms with van der Waals surface area (Å²) in [5.41, 5.74) is 0.745. The van der Waals surface area contributed by atoms with Crippen molar-refractivity contribution in [3.63, 3.8) is 0 Å². The van der Waals surface area contributed by atoms with Crippen LogP contribution in [0.2, 0.25) is 0 Å². The number of hydrogen-bond donors (Lipinski definition) is 1. The molecule has 1 saturated heterocycles. The Balaban J connectivity index is 2.29. The van der Waals surface area contributed by atoms with Gasteiger partial charge < -0.3 is 10.0 Å². The van der Waals surface area contributed by atoms with Crippen molar-refractivity contribution in [2.24, 2.45) is 5.92 Å². The number of piperazine rings is 1. The van der Waals surface area contributed by atoms with E-state index in [0.717, 1.165) is 36.8 Å². The lowest BCUT2D eigenvalue weighted by atomic mass is 10.1. The van der Waals surface area contributed by atoms with Crippen molar-refractivity contribution >= 4 is 17.3 Å². The summed E-state index contributed by atoms with van der Waals surface area (Å²) in [6.45, 7) is 7.12. The second-order valence-electron chi connectivity index (χ2n) is 5.99. The van der Waals surface area contributed by atoms with Gasteiger partial charge in [-0.3, -0.25) is 4.90 Å². The van der Waals surface area contributed by atoms with E-state index in [2.05, 4.69) is 42.7 Å². The topological polar surface area (TPSA) is 56.7 Å². The minimum Gasteiger partial charge on any atom is -0.477 e. The van der Waals surface area contributed by atoms with Crippen LogP contribution in [-0.2, 0) is 6.42 Å². The van der Waals surface area contributed by atoms with Crippen LogP contribution in [0.3, 0.4) is 0 Å². The molecule has 1 N–H and O–H groups in total. The van der Waals surface area contributed by atoms with E-state index in [1.54, 1.807) is 0 Å². The van der Waals surface area contributed by atoms with E-state index in [1.165, 1.54) is 11.3 Å². The minimum absolute atomic E-state index is 0.206. The van der Waals surface area contributed by atoms with Gasteiger partial charge in [0.05, 0.1) is 11.7 Å². The van der Waals surface area contributed by atoms with Crippen molar-refractivity contribution in [1.82, 2.24) is 14.8 Å². The zero-order valence-electron chi connectivity index (χ0n) is 12.6. The number of carbonyl (C=O) groups is 1. The van der Waals surface area contributed by atoms with Crippen molar-refractivity contribution in [3.8, 4) is 0 Å². The third kappa shape index (κ3) is 3.37. The van der Waals surface area contributed by atoms with E-state index in [9.17, 15) is 9.90 Å². The summed E-state index contributed by atoms with van der Waals surface area (Å²) < 4.78 is 0. The molecule has 0 spiro atoms. The molecule has 0 radical (unpaired) electrons. The summed E-state index contributed by atoms with van der Waals surface area (Å²) in [5, 5.41) is 10.3. The Morgan fingerprint density at radius 3 is 2.75 bits per heavy atom. The molecule has 0 bridgehead atoms. The summed E-state index contributed by atoms with van der Waals surface area (Å²) in [7, 11) is 4.18. The molecule has 1 fully saturated rings. The molecule has 5 nitrogen and oxygen atoms in total. The summed E-state index contributed by atoms with van der Waals surface area (Å²) in [4.78, 5) is 21.0. The number of carboxylic acid groups (broad SMARTS) is 1. The standard InChI is InChI=1S/C14H23N3O2S/c1-9(2)7-10-12(14(18)19)20-13(15-10)11-8-16(3)5-6-17(11)4/h9,11H,5-8H2,1-4H3,(H,18,19). The van der Waals surface area contributed by atoms with Crippen molar-refractivity contribution in [1.29, 1.82) is 0 Å². The second-order valence-corrected chi connectivity index (χ2v) is 7.02. The lowest BCUT2D eigenvalue weighted by Gasteiger charge is -2.36. The zero-order chi connectivity index (χ0) is 14.9. The van der Waals surface area contributed by atoms with Crippen molar-refractivity contribution in [3.05, 3.63) is 15.6 Å². The maximum absolute atomic E-state index is 11.4. The predicted molar refractivity (Wildman–Crippen MR) is 80.5 cm³/mol. The van der Waals surface area contributed by atoms with Crippen LogP contribution >= 0.6 is 11.3 Å². The van der Waals surface area contributed by atoms with Crippen LogP contribution in [0, 0.1) is 5.92 Å². The molecule has 1 aromatic rings. The monoisotopic (exact) mass is 297 g/mol. The van der Waals surface area contributed by atoms with E-state index in [0.29, 0.717) is 10.8 Å². The third-order valence-electron chi connectivity index (χ3n) is 3.65. The Morgan fingerprint density at radius 1 is 1.45 bits per heavy atom. The molecule has 6 heteroatoms. The average molecular weight is 297 g/mol. The van der Waals surface area contributed by atoms with Crippen LogP contribution in [-0.4, -0.2) is 59.6 Å². The van der Waals surface area contributed by atoms with E-state index >= 15 is 0 Å². The fraction of sp³-hybridized carbons (Fsp3) is 0.714. The van der Waals surface area contributed by atoms with Crippen LogP contribution in [0.4, 0.5) is 0 Å². The SMILES string of the molecule is CC(C)Cc1nc(C2CN(C)CCN2C)sc1C(=O)O. The van der Waals surface area contributed by atoms with Gasteiger partial charge in [0.15, 0.2) is 0 Å². The predicted octanol–water partition coefficient (Wildman–Crippen LogP) is 1.96. The Bertz CT molecular complexity index is 487. The molecule has 2 rings (SSSR count). The first-order valence-corrected chi connectivity index (χ1v) is 7.81. The number of nitrogens with zero attached hydrogens (tertiary/aromatic N) is 3. The molecule has 1 aliphatic heterocycles. The largest absolute Gasteiger partial charge is 0.477 e. The number of hydrogen-bond acceptors (Lipinski definition) is 5. The second kappa shape index (κ2) is 6.20. The zero-order valence-corrected chi connectivity index (χ0v) is 13.4. The molecule has 2 heterocycles. The summed E-state index contributed by atoms with van der Waals surface area (Å²) in [6, 6.07) is 0.206. The molecule has 1 unspecified atom stereocenters. The molecular formula is C14H23N3O2S. The number of rotatable bonds is 4. The van der Waals surface area contributed by atoms with Gasteiger partial charge >= 0.3 is 5.97 Å². The van der Waals surface area contributed by atoms with E-state index in [4.69, 9.17) is 0 Å². The molecule has 0 amide bonds. The van der Waals surface area contributed by atoms with Crippen LogP contribution in [0.5, 0.6) is 0 Å². The van der Waals surface area contributed by atoms with Crippen molar-refractivity contribution < 1.29 is 9.90 Å². The number of aromatic nitrogens is 1. The smallest absolute Gasteiger partial charge is 0.347 e. The lowest BCUT2D eigenvalue weighted by molar-refractivity contribution is 0.0700. The van der Waals surface area contributed by atoms with Gasteiger partial charge in [-0.05, 0) is 26.4 Å². The highest BCUT2D eigenvalue weighted by Gasteiger charge is 2.29. The average Bonchev–Trinajstić information content (AvgIpc) is 2.75. The number of thiazole rings is 1. The molecule has 1 atom stereocenters. The Labute approximate surface area is 124 Å². The normalized spacial score (nSPS) is 21.6. The van der Waals surface area contributed by atoms with Crippen molar-refractivity contribution in [2.75, 3.05) is 33.7 Å². The van der Waals surface area contributed by atoms with Crippen LogP contribution in [0.1, 0.15) is 40.3 Å². The van der Waals surface area contributed by atoms with Gasteiger partial charge in [-0.2, -0.15) is 0 Å². The lowest BCUT2D eigenvalue weighted by Crippen LogP contribution is -2.44. The van der Waals surface area contributed by atoms with Gasteiger partial charge in [-0.15, -0.1) is 11.3 Å². The summed E-state index contributed by atoms with van der Waals surface area (Å²) >= 11 is 1.34. The molecule has 0 aliphatic carbocycles. The van der Waals surface area contributed by atoms with Gasteiger partial charge in [-0.1, -0.05) is 13.8 Å². The van der Waals surface area contributed by atoms with Gasteiger partial charge in [0.2, 0.25) is 0 Å². The first-order chi connectivity index (χ1) is 9.38. The number of likely N-dealkylation sites (N-methyl/N-ethyl adjacent to an activating group) is 2. The molecule has 1 aromatic heterocycles. The van der Waals surface area contributed by atoms with Crippen molar-refractivity contribution in [2.45, 2.75) is 26.3 Å². The van der Waals surface area contributed by atoms with Crippen LogP contribution < -0.4 is 0 Å². The van der Waals surface area contributed by atoms with Crippen LogP contribution in [0.15, 0.2) is 0 Å².